The SMILES string of the molecule is Cc1cc(C)c2c(C)c(C(=O)N(C)Cc3cnn(-c4ccccc4)c3)sc2n1. The Morgan fingerprint density at radius 1 is 1.18 bits per heavy atom. The lowest BCUT2D eigenvalue weighted by Gasteiger charge is -2.15. The second-order valence-electron chi connectivity index (χ2n) is 7.11. The van der Waals surface area contributed by atoms with Crippen LogP contribution in [0.15, 0.2) is 48.8 Å². The van der Waals surface area contributed by atoms with Crippen molar-refractivity contribution in [2.45, 2.75) is 27.3 Å². The minimum atomic E-state index is 0.0185. The van der Waals surface area contributed by atoms with Crippen molar-refractivity contribution in [3.8, 4) is 5.69 Å². The second-order valence-corrected chi connectivity index (χ2v) is 8.11. The van der Waals surface area contributed by atoms with E-state index in [0.29, 0.717) is 6.54 Å². The van der Waals surface area contributed by atoms with E-state index in [-0.39, 0.29) is 5.91 Å². The quantitative estimate of drug-likeness (QED) is 0.508. The first kappa shape index (κ1) is 18.4. The number of thiophene rings is 1. The van der Waals surface area contributed by atoms with Crippen molar-refractivity contribution in [2.75, 3.05) is 7.05 Å². The highest BCUT2D eigenvalue weighted by Crippen LogP contribution is 2.33. The van der Waals surface area contributed by atoms with Crippen molar-refractivity contribution in [3.05, 3.63) is 76.1 Å². The van der Waals surface area contributed by atoms with Crippen molar-refractivity contribution in [1.82, 2.24) is 19.7 Å². The molecular weight excluding hydrogens is 368 g/mol. The maximum absolute atomic E-state index is 13.1. The van der Waals surface area contributed by atoms with E-state index in [2.05, 4.69) is 23.1 Å². The van der Waals surface area contributed by atoms with Gasteiger partial charge in [0.2, 0.25) is 0 Å². The molecule has 0 spiro atoms. The molecule has 0 fully saturated rings. The molecule has 142 valence electrons. The third-order valence-corrected chi connectivity index (χ3v) is 6.02. The summed E-state index contributed by atoms with van der Waals surface area (Å²) in [6.07, 6.45) is 3.77. The molecule has 1 aromatic carbocycles. The van der Waals surface area contributed by atoms with Crippen LogP contribution in [-0.2, 0) is 6.54 Å². The maximum Gasteiger partial charge on any atom is 0.264 e. The predicted octanol–water partition coefficient (Wildman–Crippen LogP) is 4.68. The first-order valence-electron chi connectivity index (χ1n) is 9.16. The zero-order valence-electron chi connectivity index (χ0n) is 16.4. The number of benzene rings is 1. The van der Waals surface area contributed by atoms with Gasteiger partial charge in [-0.05, 0) is 50.1 Å². The number of carbonyl (C=O) groups is 1. The van der Waals surface area contributed by atoms with Crippen molar-refractivity contribution in [1.29, 1.82) is 0 Å². The molecule has 0 bridgehead atoms. The molecule has 3 aromatic heterocycles. The fraction of sp³-hybridized carbons (Fsp3) is 0.227. The first-order chi connectivity index (χ1) is 13.4. The van der Waals surface area contributed by atoms with Crippen LogP contribution in [0.25, 0.3) is 15.9 Å². The fourth-order valence-corrected chi connectivity index (χ4v) is 4.80. The van der Waals surface area contributed by atoms with E-state index >= 15 is 0 Å². The van der Waals surface area contributed by atoms with Crippen LogP contribution >= 0.6 is 11.3 Å². The van der Waals surface area contributed by atoms with Crippen LogP contribution < -0.4 is 0 Å². The number of carbonyl (C=O) groups excluding carboxylic acids is 1. The lowest BCUT2D eigenvalue weighted by molar-refractivity contribution is 0.0789. The Morgan fingerprint density at radius 3 is 2.68 bits per heavy atom. The number of aryl methyl sites for hydroxylation is 3. The Balaban J connectivity index is 1.58. The standard InChI is InChI=1S/C22H22N4OS/c1-14-10-15(2)24-21-19(14)16(3)20(28-21)22(27)25(4)12-17-11-23-26(13-17)18-8-6-5-7-9-18/h5-11,13H,12H2,1-4H3. The third kappa shape index (κ3) is 3.31. The Hall–Kier alpha value is -2.99. The van der Waals surface area contributed by atoms with E-state index in [4.69, 9.17) is 0 Å². The molecule has 0 atom stereocenters. The van der Waals surface area contributed by atoms with Crippen LogP contribution in [-0.4, -0.2) is 32.6 Å². The average Bonchev–Trinajstić information content (AvgIpc) is 3.26. The predicted molar refractivity (Wildman–Crippen MR) is 113 cm³/mol. The molecule has 5 nitrogen and oxygen atoms in total. The number of amides is 1. The van der Waals surface area contributed by atoms with Gasteiger partial charge < -0.3 is 4.90 Å². The van der Waals surface area contributed by atoms with E-state index in [0.717, 1.165) is 37.6 Å². The molecular formula is C22H22N4OS. The molecule has 0 aliphatic carbocycles. The summed E-state index contributed by atoms with van der Waals surface area (Å²) in [6, 6.07) is 12.0. The number of hydrogen-bond donors (Lipinski definition) is 0. The zero-order valence-corrected chi connectivity index (χ0v) is 17.2. The summed E-state index contributed by atoms with van der Waals surface area (Å²) in [7, 11) is 1.83. The summed E-state index contributed by atoms with van der Waals surface area (Å²) >= 11 is 1.48. The number of rotatable bonds is 4. The van der Waals surface area contributed by atoms with E-state index in [1.54, 1.807) is 4.90 Å². The summed E-state index contributed by atoms with van der Waals surface area (Å²) in [4.78, 5) is 21.1. The van der Waals surface area contributed by atoms with Crippen LogP contribution in [0.3, 0.4) is 0 Å². The molecule has 0 aliphatic heterocycles. The van der Waals surface area contributed by atoms with Crippen molar-refractivity contribution >= 4 is 27.5 Å². The molecule has 1 amide bonds. The number of fused-ring (bicyclic) bond motifs is 1. The maximum atomic E-state index is 13.1. The Labute approximate surface area is 168 Å². The normalized spacial score (nSPS) is 11.1. The topological polar surface area (TPSA) is 51.0 Å². The Kier molecular flexibility index (Phi) is 4.73. The van der Waals surface area contributed by atoms with Gasteiger partial charge in [-0.2, -0.15) is 5.10 Å². The highest BCUT2D eigenvalue weighted by molar-refractivity contribution is 7.20. The monoisotopic (exact) mass is 390 g/mol. The highest BCUT2D eigenvalue weighted by atomic mass is 32.1. The van der Waals surface area contributed by atoms with E-state index in [1.807, 2.05) is 68.3 Å². The Bertz CT molecular complexity index is 1160. The average molecular weight is 391 g/mol. The number of pyridine rings is 1. The van der Waals surface area contributed by atoms with Gasteiger partial charge in [0.05, 0.1) is 16.8 Å². The summed E-state index contributed by atoms with van der Waals surface area (Å²) in [6.45, 7) is 6.58. The lowest BCUT2D eigenvalue weighted by Crippen LogP contribution is -2.25. The van der Waals surface area contributed by atoms with Gasteiger partial charge in [-0.15, -0.1) is 11.3 Å². The van der Waals surface area contributed by atoms with Gasteiger partial charge in [0.25, 0.3) is 5.91 Å². The van der Waals surface area contributed by atoms with Gasteiger partial charge in [0.15, 0.2) is 0 Å². The second kappa shape index (κ2) is 7.20. The molecule has 4 aromatic rings. The van der Waals surface area contributed by atoms with Crippen LogP contribution in [0.2, 0.25) is 0 Å². The van der Waals surface area contributed by atoms with Crippen LogP contribution in [0, 0.1) is 20.8 Å². The van der Waals surface area contributed by atoms with Crippen LogP contribution in [0.4, 0.5) is 0 Å². The third-order valence-electron chi connectivity index (χ3n) is 4.84. The summed E-state index contributed by atoms with van der Waals surface area (Å²) < 4.78 is 1.83. The van der Waals surface area contributed by atoms with Gasteiger partial charge >= 0.3 is 0 Å². The van der Waals surface area contributed by atoms with Gasteiger partial charge in [-0.3, -0.25) is 4.79 Å². The number of nitrogens with zero attached hydrogens (tertiary/aromatic N) is 4. The van der Waals surface area contributed by atoms with Crippen molar-refractivity contribution in [2.24, 2.45) is 0 Å². The number of hydrogen-bond acceptors (Lipinski definition) is 4. The molecule has 0 radical (unpaired) electrons. The van der Waals surface area contributed by atoms with Crippen LogP contribution in [0.5, 0.6) is 0 Å². The number of aromatic nitrogens is 3. The van der Waals surface area contributed by atoms with E-state index in [1.165, 1.54) is 16.9 Å². The summed E-state index contributed by atoms with van der Waals surface area (Å²) in [5.74, 6) is 0.0185. The zero-order chi connectivity index (χ0) is 19.8. The molecule has 0 aliphatic rings. The van der Waals surface area contributed by atoms with Gasteiger partial charge in [0, 0.05) is 36.4 Å². The van der Waals surface area contributed by atoms with Crippen LogP contribution in [0.1, 0.15) is 32.1 Å². The summed E-state index contributed by atoms with van der Waals surface area (Å²) in [5.41, 5.74) is 5.15. The lowest BCUT2D eigenvalue weighted by atomic mass is 10.1. The van der Waals surface area contributed by atoms with Gasteiger partial charge in [-0.1, -0.05) is 18.2 Å². The minimum absolute atomic E-state index is 0.0185. The molecule has 4 rings (SSSR count). The largest absolute Gasteiger partial charge is 0.337 e. The van der Waals surface area contributed by atoms with Gasteiger partial charge in [0.1, 0.15) is 4.83 Å². The molecule has 0 saturated carbocycles. The van der Waals surface area contributed by atoms with Gasteiger partial charge in [-0.25, -0.2) is 9.67 Å². The molecule has 0 unspecified atom stereocenters. The molecule has 28 heavy (non-hydrogen) atoms. The van der Waals surface area contributed by atoms with Crippen molar-refractivity contribution < 1.29 is 4.79 Å². The highest BCUT2D eigenvalue weighted by Gasteiger charge is 2.21. The number of para-hydroxylation sites is 1. The fourth-order valence-electron chi connectivity index (χ4n) is 3.51. The molecule has 3 heterocycles. The van der Waals surface area contributed by atoms with E-state index < -0.39 is 0 Å². The minimum Gasteiger partial charge on any atom is -0.337 e. The molecule has 6 heteroatoms. The van der Waals surface area contributed by atoms with E-state index in [9.17, 15) is 4.79 Å². The molecule has 0 saturated heterocycles. The molecule has 0 N–H and O–H groups in total. The Morgan fingerprint density at radius 2 is 1.93 bits per heavy atom. The summed E-state index contributed by atoms with van der Waals surface area (Å²) in [5, 5.41) is 5.52. The van der Waals surface area contributed by atoms with Crippen molar-refractivity contribution in [3.63, 3.8) is 0 Å². The first-order valence-corrected chi connectivity index (χ1v) is 9.97. The smallest absolute Gasteiger partial charge is 0.264 e.